The molecule has 0 saturated heterocycles. The lowest BCUT2D eigenvalue weighted by atomic mass is 10.2. The highest BCUT2D eigenvalue weighted by atomic mass is 79.9. The largest absolute Gasteiger partial charge is 0.493 e. The van der Waals surface area contributed by atoms with Crippen molar-refractivity contribution < 1.29 is 14.3 Å². The molecular formula is C17H15Br3N2O3. The normalized spacial score (nSPS) is 10.1. The molecule has 5 nitrogen and oxygen atoms in total. The first kappa shape index (κ1) is 19.8. The van der Waals surface area contributed by atoms with Crippen molar-refractivity contribution >= 4 is 59.4 Å². The zero-order chi connectivity index (χ0) is 18.4. The van der Waals surface area contributed by atoms with Crippen LogP contribution in [0.2, 0.25) is 0 Å². The molecule has 0 aliphatic heterocycles. The van der Waals surface area contributed by atoms with Gasteiger partial charge in [0.1, 0.15) is 0 Å². The monoisotopic (exact) mass is 532 g/mol. The van der Waals surface area contributed by atoms with Gasteiger partial charge < -0.3 is 9.47 Å². The summed E-state index contributed by atoms with van der Waals surface area (Å²) in [5.41, 5.74) is 6.75. The van der Waals surface area contributed by atoms with E-state index in [4.69, 9.17) is 9.47 Å². The van der Waals surface area contributed by atoms with Gasteiger partial charge in [-0.05, 0) is 45.8 Å². The van der Waals surface area contributed by atoms with Gasteiger partial charge in [0.15, 0.2) is 18.1 Å². The molecule has 0 atom stereocenters. The number of carbonyl (C=O) groups excluding carboxylic acids is 1. The highest BCUT2D eigenvalue weighted by molar-refractivity contribution is 9.11. The quantitative estimate of drug-likeness (QED) is 0.508. The number of hydrogen-bond donors (Lipinski definition) is 2. The van der Waals surface area contributed by atoms with E-state index in [2.05, 4.69) is 65.2 Å². The van der Waals surface area contributed by atoms with Gasteiger partial charge in [-0.3, -0.25) is 15.6 Å². The highest BCUT2D eigenvalue weighted by Crippen LogP contribution is 2.38. The van der Waals surface area contributed by atoms with Crippen molar-refractivity contribution in [3.63, 3.8) is 0 Å². The number of amides is 1. The molecule has 25 heavy (non-hydrogen) atoms. The van der Waals surface area contributed by atoms with Crippen LogP contribution in [0.3, 0.4) is 0 Å². The Balaban J connectivity index is 1.89. The number of rotatable bonds is 7. The van der Waals surface area contributed by atoms with Crippen molar-refractivity contribution in [2.75, 3.05) is 13.7 Å². The Morgan fingerprint density at radius 3 is 2.40 bits per heavy atom. The number of hydrazine groups is 1. The number of halogens is 3. The first-order valence-corrected chi connectivity index (χ1v) is 9.44. The summed E-state index contributed by atoms with van der Waals surface area (Å²) in [6.07, 6.45) is 0. The fraction of sp³-hybridized carbons (Fsp3) is 0.118. The number of methoxy groups -OCH3 is 1. The van der Waals surface area contributed by atoms with E-state index < -0.39 is 0 Å². The molecule has 2 aromatic rings. The van der Waals surface area contributed by atoms with Gasteiger partial charge in [-0.2, -0.15) is 0 Å². The van der Waals surface area contributed by atoms with E-state index in [1.165, 1.54) is 7.11 Å². The summed E-state index contributed by atoms with van der Waals surface area (Å²) in [6.45, 7) is 3.70. The molecule has 2 aromatic carbocycles. The van der Waals surface area contributed by atoms with Crippen LogP contribution < -0.4 is 20.3 Å². The summed E-state index contributed by atoms with van der Waals surface area (Å²) < 4.78 is 13.3. The minimum absolute atomic E-state index is 0.183. The number of nitrogens with one attached hydrogen (secondary N) is 2. The Kier molecular flexibility index (Phi) is 7.34. The van der Waals surface area contributed by atoms with Gasteiger partial charge >= 0.3 is 0 Å². The molecule has 0 heterocycles. The van der Waals surface area contributed by atoms with Gasteiger partial charge in [-0.1, -0.05) is 50.6 Å². The van der Waals surface area contributed by atoms with Crippen LogP contribution in [0.15, 0.2) is 56.4 Å². The number of benzene rings is 2. The fourth-order valence-corrected chi connectivity index (χ4v) is 3.44. The fourth-order valence-electron chi connectivity index (χ4n) is 1.87. The van der Waals surface area contributed by atoms with Gasteiger partial charge in [0, 0.05) is 8.95 Å². The standard InChI is InChI=1S/C17H15Br3N2O3/c1-10(11-3-5-12(18)6-4-11)21-22-16(23)9-25-17-14(20)7-13(19)8-15(17)24-2/h3-8,21H,1,9H2,2H3,(H,22,23). The Morgan fingerprint density at radius 2 is 1.76 bits per heavy atom. The molecule has 0 radical (unpaired) electrons. The lowest BCUT2D eigenvalue weighted by Gasteiger charge is -2.14. The summed E-state index contributed by atoms with van der Waals surface area (Å²) >= 11 is 10.1. The molecular weight excluding hydrogens is 520 g/mol. The van der Waals surface area contributed by atoms with Crippen molar-refractivity contribution in [2.24, 2.45) is 0 Å². The predicted octanol–water partition coefficient (Wildman–Crippen LogP) is 4.65. The van der Waals surface area contributed by atoms with Crippen LogP contribution >= 0.6 is 47.8 Å². The molecule has 1 amide bonds. The summed E-state index contributed by atoms with van der Waals surface area (Å²) in [5.74, 6) is 0.615. The summed E-state index contributed by atoms with van der Waals surface area (Å²) in [6, 6.07) is 11.1. The molecule has 0 unspecified atom stereocenters. The molecule has 0 aliphatic carbocycles. The zero-order valence-corrected chi connectivity index (χ0v) is 18.0. The third kappa shape index (κ3) is 5.76. The molecule has 0 saturated carbocycles. The van der Waals surface area contributed by atoms with Gasteiger partial charge in [0.05, 0.1) is 17.3 Å². The second-order valence-electron chi connectivity index (χ2n) is 4.87. The topological polar surface area (TPSA) is 59.6 Å². The Bertz CT molecular complexity index is 779. The molecule has 0 aromatic heterocycles. The maximum absolute atomic E-state index is 12.0. The lowest BCUT2D eigenvalue weighted by molar-refractivity contribution is -0.123. The van der Waals surface area contributed by atoms with E-state index in [0.717, 1.165) is 14.5 Å². The van der Waals surface area contributed by atoms with Crippen LogP contribution in [0.25, 0.3) is 5.70 Å². The third-order valence-electron chi connectivity index (χ3n) is 3.09. The molecule has 0 bridgehead atoms. The number of carbonyl (C=O) groups is 1. The van der Waals surface area contributed by atoms with E-state index in [1.807, 2.05) is 30.3 Å². The minimum Gasteiger partial charge on any atom is -0.493 e. The first-order chi connectivity index (χ1) is 11.9. The van der Waals surface area contributed by atoms with Gasteiger partial charge in [0.25, 0.3) is 5.91 Å². The maximum atomic E-state index is 12.0. The zero-order valence-electron chi connectivity index (χ0n) is 13.2. The van der Waals surface area contributed by atoms with Crippen LogP contribution in [0.4, 0.5) is 0 Å². The lowest BCUT2D eigenvalue weighted by Crippen LogP contribution is -2.39. The molecule has 0 spiro atoms. The molecule has 2 N–H and O–H groups in total. The van der Waals surface area contributed by atoms with Crippen molar-refractivity contribution in [1.82, 2.24) is 10.9 Å². The van der Waals surface area contributed by atoms with Crippen molar-refractivity contribution in [2.45, 2.75) is 0 Å². The van der Waals surface area contributed by atoms with E-state index in [0.29, 0.717) is 21.7 Å². The molecule has 0 fully saturated rings. The van der Waals surface area contributed by atoms with Crippen molar-refractivity contribution in [1.29, 1.82) is 0 Å². The van der Waals surface area contributed by atoms with Crippen LogP contribution in [-0.4, -0.2) is 19.6 Å². The van der Waals surface area contributed by atoms with E-state index in [-0.39, 0.29) is 12.5 Å². The smallest absolute Gasteiger partial charge is 0.276 e. The number of hydrogen-bond acceptors (Lipinski definition) is 4. The Hall–Kier alpha value is -1.51. The van der Waals surface area contributed by atoms with Crippen LogP contribution in [0, 0.1) is 0 Å². The van der Waals surface area contributed by atoms with Crippen LogP contribution in [0.1, 0.15) is 5.56 Å². The van der Waals surface area contributed by atoms with Crippen molar-refractivity contribution in [3.05, 3.63) is 62.0 Å². The Labute approximate surface area is 171 Å². The highest BCUT2D eigenvalue weighted by Gasteiger charge is 2.13. The molecule has 2 rings (SSSR count). The molecule has 8 heteroatoms. The summed E-state index contributed by atoms with van der Waals surface area (Å²) in [7, 11) is 1.53. The van der Waals surface area contributed by atoms with Crippen molar-refractivity contribution in [3.8, 4) is 11.5 Å². The maximum Gasteiger partial charge on any atom is 0.276 e. The minimum atomic E-state index is -0.352. The first-order valence-electron chi connectivity index (χ1n) is 7.06. The second-order valence-corrected chi connectivity index (χ2v) is 7.55. The average molecular weight is 535 g/mol. The molecule has 0 aliphatic rings. The third-order valence-corrected chi connectivity index (χ3v) is 4.66. The number of ether oxygens (including phenoxy) is 2. The second kappa shape index (κ2) is 9.26. The SMILES string of the molecule is C=C(NNC(=O)COc1c(Br)cc(Br)cc1OC)c1ccc(Br)cc1. The van der Waals surface area contributed by atoms with Crippen LogP contribution in [0.5, 0.6) is 11.5 Å². The average Bonchev–Trinajstić information content (AvgIpc) is 2.58. The van der Waals surface area contributed by atoms with Gasteiger partial charge in [0.2, 0.25) is 0 Å². The Morgan fingerprint density at radius 1 is 1.08 bits per heavy atom. The predicted molar refractivity (Wildman–Crippen MR) is 108 cm³/mol. The van der Waals surface area contributed by atoms with Gasteiger partial charge in [-0.15, -0.1) is 0 Å². The van der Waals surface area contributed by atoms with E-state index >= 15 is 0 Å². The van der Waals surface area contributed by atoms with E-state index in [9.17, 15) is 4.79 Å². The van der Waals surface area contributed by atoms with Crippen LogP contribution in [-0.2, 0) is 4.79 Å². The summed E-state index contributed by atoms with van der Waals surface area (Å²) in [5, 5.41) is 0. The molecule has 132 valence electrons. The van der Waals surface area contributed by atoms with E-state index in [1.54, 1.807) is 6.07 Å². The van der Waals surface area contributed by atoms with Gasteiger partial charge in [-0.25, -0.2) is 0 Å². The summed E-state index contributed by atoms with van der Waals surface area (Å²) in [4.78, 5) is 12.0.